The van der Waals surface area contributed by atoms with Gasteiger partial charge in [0.15, 0.2) is 0 Å². The summed E-state index contributed by atoms with van der Waals surface area (Å²) in [5.74, 6) is 2.99. The van der Waals surface area contributed by atoms with E-state index in [-0.39, 0.29) is 6.10 Å². The van der Waals surface area contributed by atoms with E-state index in [2.05, 4.69) is 53.7 Å². The van der Waals surface area contributed by atoms with Gasteiger partial charge >= 0.3 is 0 Å². The van der Waals surface area contributed by atoms with Crippen molar-refractivity contribution in [2.45, 2.75) is 54.1 Å². The predicted molar refractivity (Wildman–Crippen MR) is 70.2 cm³/mol. The fraction of sp³-hybridized carbons (Fsp3) is 0.733. The maximum atomic E-state index is 6.07. The Morgan fingerprint density at radius 2 is 1.75 bits per heavy atom. The minimum Gasteiger partial charge on any atom is -0.495 e. The molecule has 0 aromatic carbocycles. The van der Waals surface area contributed by atoms with Gasteiger partial charge in [-0.05, 0) is 37.7 Å². The number of ether oxygens (including phenoxy) is 1. The number of hydrogen-bond acceptors (Lipinski definition) is 1. The monoisotopic (exact) mass is 222 g/mol. The second kappa shape index (κ2) is 5.56. The van der Waals surface area contributed by atoms with E-state index in [1.807, 2.05) is 0 Å². The third-order valence-electron chi connectivity index (χ3n) is 3.10. The van der Waals surface area contributed by atoms with Gasteiger partial charge in [-0.1, -0.05) is 39.8 Å². The van der Waals surface area contributed by atoms with E-state index in [1.54, 1.807) is 0 Å². The fourth-order valence-electron chi connectivity index (χ4n) is 2.21. The van der Waals surface area contributed by atoms with Crippen LogP contribution in [0.4, 0.5) is 0 Å². The van der Waals surface area contributed by atoms with Crippen molar-refractivity contribution in [1.29, 1.82) is 0 Å². The minimum absolute atomic E-state index is 0.275. The molecule has 0 bridgehead atoms. The molecule has 0 saturated heterocycles. The van der Waals surface area contributed by atoms with Gasteiger partial charge in [-0.3, -0.25) is 0 Å². The third kappa shape index (κ3) is 3.13. The zero-order valence-corrected chi connectivity index (χ0v) is 11.6. The van der Waals surface area contributed by atoms with E-state index >= 15 is 0 Å². The SMILES string of the molecule is CC(C)OC1=C(C(C)C)C=CCC1C(C)C. The van der Waals surface area contributed by atoms with Crippen molar-refractivity contribution in [2.75, 3.05) is 0 Å². The molecule has 1 rings (SSSR count). The molecule has 1 aliphatic carbocycles. The summed E-state index contributed by atoms with van der Waals surface area (Å²) in [5.41, 5.74) is 1.39. The predicted octanol–water partition coefficient (Wildman–Crippen LogP) is 4.55. The van der Waals surface area contributed by atoms with E-state index in [1.165, 1.54) is 11.3 Å². The van der Waals surface area contributed by atoms with E-state index in [9.17, 15) is 0 Å². The standard InChI is InChI=1S/C15H26O/c1-10(2)13-8-7-9-14(11(3)4)15(13)16-12(5)6/h7-8,10-12,14H,9H2,1-6H3. The summed E-state index contributed by atoms with van der Waals surface area (Å²) in [6, 6.07) is 0. The normalized spacial score (nSPS) is 21.4. The molecule has 16 heavy (non-hydrogen) atoms. The molecule has 0 amide bonds. The highest BCUT2D eigenvalue weighted by molar-refractivity contribution is 5.30. The van der Waals surface area contributed by atoms with Crippen molar-refractivity contribution < 1.29 is 4.74 Å². The molecule has 92 valence electrons. The van der Waals surface area contributed by atoms with Crippen molar-refractivity contribution >= 4 is 0 Å². The average Bonchev–Trinajstić information content (AvgIpc) is 2.16. The quantitative estimate of drug-likeness (QED) is 0.678. The minimum atomic E-state index is 0.275. The maximum absolute atomic E-state index is 6.07. The largest absolute Gasteiger partial charge is 0.495 e. The summed E-state index contributed by atoms with van der Waals surface area (Å²) in [5, 5.41) is 0. The highest BCUT2D eigenvalue weighted by atomic mass is 16.5. The lowest BCUT2D eigenvalue weighted by atomic mass is 9.82. The molecule has 0 heterocycles. The number of hydrogen-bond donors (Lipinski definition) is 0. The first kappa shape index (κ1) is 13.3. The van der Waals surface area contributed by atoms with E-state index < -0.39 is 0 Å². The molecule has 0 spiro atoms. The fourth-order valence-corrected chi connectivity index (χ4v) is 2.21. The van der Waals surface area contributed by atoms with E-state index in [0.29, 0.717) is 17.8 Å². The molecule has 0 aromatic rings. The lowest BCUT2D eigenvalue weighted by molar-refractivity contribution is 0.103. The van der Waals surface area contributed by atoms with Gasteiger partial charge in [-0.25, -0.2) is 0 Å². The Morgan fingerprint density at radius 3 is 2.19 bits per heavy atom. The topological polar surface area (TPSA) is 9.23 Å². The van der Waals surface area contributed by atoms with Crippen LogP contribution < -0.4 is 0 Å². The Morgan fingerprint density at radius 1 is 1.12 bits per heavy atom. The Bertz CT molecular complexity index is 282. The van der Waals surface area contributed by atoms with Crippen molar-refractivity contribution in [3.8, 4) is 0 Å². The summed E-state index contributed by atoms with van der Waals surface area (Å²) in [6.45, 7) is 13.3. The maximum Gasteiger partial charge on any atom is 0.103 e. The molecule has 1 unspecified atom stereocenters. The molecule has 0 fully saturated rings. The van der Waals surface area contributed by atoms with Crippen LogP contribution in [0.3, 0.4) is 0 Å². The average molecular weight is 222 g/mol. The van der Waals surface area contributed by atoms with Crippen LogP contribution in [0.2, 0.25) is 0 Å². The van der Waals surface area contributed by atoms with Gasteiger partial charge in [0.05, 0.1) is 6.10 Å². The molecule has 1 heteroatoms. The number of allylic oxidation sites excluding steroid dienone is 4. The summed E-state index contributed by atoms with van der Waals surface area (Å²) in [7, 11) is 0. The third-order valence-corrected chi connectivity index (χ3v) is 3.10. The van der Waals surface area contributed by atoms with Crippen molar-refractivity contribution in [3.05, 3.63) is 23.5 Å². The second-order valence-corrected chi connectivity index (χ2v) is 5.63. The Kier molecular flexibility index (Phi) is 4.64. The van der Waals surface area contributed by atoms with Gasteiger partial charge in [0.2, 0.25) is 0 Å². The molecule has 0 aromatic heterocycles. The molecule has 1 atom stereocenters. The van der Waals surface area contributed by atoms with Gasteiger partial charge in [0.1, 0.15) is 5.76 Å². The van der Waals surface area contributed by atoms with Crippen molar-refractivity contribution in [2.24, 2.45) is 17.8 Å². The van der Waals surface area contributed by atoms with Crippen molar-refractivity contribution in [3.63, 3.8) is 0 Å². The van der Waals surface area contributed by atoms with Crippen LogP contribution in [-0.4, -0.2) is 6.10 Å². The molecule has 0 saturated carbocycles. The molecular formula is C15H26O. The van der Waals surface area contributed by atoms with Crippen LogP contribution in [-0.2, 0) is 4.74 Å². The van der Waals surface area contributed by atoms with Gasteiger partial charge in [0.25, 0.3) is 0 Å². The van der Waals surface area contributed by atoms with Crippen LogP contribution in [0, 0.1) is 17.8 Å². The lowest BCUT2D eigenvalue weighted by Gasteiger charge is -2.31. The zero-order valence-electron chi connectivity index (χ0n) is 11.6. The molecular weight excluding hydrogens is 196 g/mol. The van der Waals surface area contributed by atoms with Gasteiger partial charge in [-0.2, -0.15) is 0 Å². The lowest BCUT2D eigenvalue weighted by Crippen LogP contribution is -2.21. The Hall–Kier alpha value is -0.720. The summed E-state index contributed by atoms with van der Waals surface area (Å²) >= 11 is 0. The zero-order chi connectivity index (χ0) is 12.3. The van der Waals surface area contributed by atoms with Crippen LogP contribution in [0.25, 0.3) is 0 Å². The van der Waals surface area contributed by atoms with Crippen molar-refractivity contribution in [1.82, 2.24) is 0 Å². The first-order valence-corrected chi connectivity index (χ1v) is 6.50. The summed E-state index contributed by atoms with van der Waals surface area (Å²) in [6.07, 6.45) is 5.95. The summed E-state index contributed by atoms with van der Waals surface area (Å²) < 4.78 is 6.07. The second-order valence-electron chi connectivity index (χ2n) is 5.63. The molecule has 0 aliphatic heterocycles. The molecule has 0 radical (unpaired) electrons. The van der Waals surface area contributed by atoms with Crippen LogP contribution in [0.1, 0.15) is 48.0 Å². The van der Waals surface area contributed by atoms with E-state index in [4.69, 9.17) is 4.74 Å². The Balaban J connectivity index is 3.03. The van der Waals surface area contributed by atoms with Gasteiger partial charge in [0, 0.05) is 5.92 Å². The molecule has 1 aliphatic rings. The van der Waals surface area contributed by atoms with Crippen LogP contribution >= 0.6 is 0 Å². The summed E-state index contributed by atoms with van der Waals surface area (Å²) in [4.78, 5) is 0. The molecule has 0 N–H and O–H groups in total. The first-order valence-electron chi connectivity index (χ1n) is 6.50. The van der Waals surface area contributed by atoms with Crippen LogP contribution in [0.5, 0.6) is 0 Å². The highest BCUT2D eigenvalue weighted by Gasteiger charge is 2.26. The molecule has 1 nitrogen and oxygen atoms in total. The van der Waals surface area contributed by atoms with Crippen LogP contribution in [0.15, 0.2) is 23.5 Å². The van der Waals surface area contributed by atoms with Gasteiger partial charge in [-0.15, -0.1) is 0 Å². The van der Waals surface area contributed by atoms with Gasteiger partial charge < -0.3 is 4.74 Å². The highest BCUT2D eigenvalue weighted by Crippen LogP contribution is 2.35. The Labute approximate surface area is 101 Å². The first-order chi connectivity index (χ1) is 7.43. The van der Waals surface area contributed by atoms with E-state index in [0.717, 1.165) is 6.42 Å². The smallest absolute Gasteiger partial charge is 0.103 e. The number of rotatable bonds is 4.